The third-order valence-electron chi connectivity index (χ3n) is 1.98. The molecule has 5 nitrogen and oxygen atoms in total. The van der Waals surface area contributed by atoms with Crippen molar-refractivity contribution in [1.82, 2.24) is 9.97 Å². The van der Waals surface area contributed by atoms with Gasteiger partial charge in [0, 0.05) is 18.8 Å². The number of carbonyl (C=O) groups is 1. The molecule has 0 amide bonds. The molecule has 0 bridgehead atoms. The number of hydrogen-bond acceptors (Lipinski definition) is 5. The minimum absolute atomic E-state index is 0.0478. The lowest BCUT2D eigenvalue weighted by molar-refractivity contribution is 0.0970. The van der Waals surface area contributed by atoms with Crippen LogP contribution in [0.1, 0.15) is 29.8 Å². The van der Waals surface area contributed by atoms with Crippen LogP contribution in [0.2, 0.25) is 0 Å². The summed E-state index contributed by atoms with van der Waals surface area (Å²) in [6.45, 7) is 0.602. The van der Waals surface area contributed by atoms with Crippen molar-refractivity contribution in [2.75, 3.05) is 13.7 Å². The third-order valence-corrected chi connectivity index (χ3v) is 1.98. The van der Waals surface area contributed by atoms with Gasteiger partial charge in [-0.2, -0.15) is 0 Å². The molecule has 1 rings (SSSR count). The molecule has 0 saturated heterocycles. The maximum atomic E-state index is 11.7. The fraction of sp³-hybridized carbons (Fsp3) is 0.500. The van der Waals surface area contributed by atoms with Gasteiger partial charge in [0.25, 0.3) is 0 Å². The Hall–Kier alpha value is -1.49. The molecule has 1 heterocycles. The lowest BCUT2D eigenvalue weighted by Crippen LogP contribution is -2.07. The Labute approximate surface area is 88.7 Å². The smallest absolute Gasteiger partial charge is 0.243 e. The first-order valence-corrected chi connectivity index (χ1v) is 4.88. The zero-order chi connectivity index (χ0) is 11.1. The molecule has 1 aromatic heterocycles. The van der Waals surface area contributed by atoms with Gasteiger partial charge in [0.1, 0.15) is 0 Å². The van der Waals surface area contributed by atoms with Gasteiger partial charge < -0.3 is 10.5 Å². The fourth-order valence-electron chi connectivity index (χ4n) is 1.21. The minimum Gasteiger partial charge on any atom is -0.479 e. The van der Waals surface area contributed by atoms with Gasteiger partial charge in [0.15, 0.2) is 11.5 Å². The van der Waals surface area contributed by atoms with Crippen LogP contribution in [-0.4, -0.2) is 29.4 Å². The number of hydrogen-bond donors (Lipinski definition) is 1. The van der Waals surface area contributed by atoms with Crippen molar-refractivity contribution in [2.45, 2.75) is 19.3 Å². The number of aromatic nitrogens is 2. The molecule has 5 heteroatoms. The van der Waals surface area contributed by atoms with Gasteiger partial charge in [-0.25, -0.2) is 9.97 Å². The highest BCUT2D eigenvalue weighted by molar-refractivity contribution is 5.96. The molecule has 15 heavy (non-hydrogen) atoms. The first-order chi connectivity index (χ1) is 7.29. The molecule has 0 aliphatic heterocycles. The Balaban J connectivity index is 2.64. The van der Waals surface area contributed by atoms with Crippen molar-refractivity contribution in [3.63, 3.8) is 0 Å². The van der Waals surface area contributed by atoms with Gasteiger partial charge >= 0.3 is 0 Å². The van der Waals surface area contributed by atoms with E-state index in [9.17, 15) is 4.79 Å². The van der Waals surface area contributed by atoms with Crippen LogP contribution in [-0.2, 0) is 0 Å². The standard InChI is InChI=1S/C10H15N3O2/c1-15-10-9(12-6-7-13-10)8(14)4-2-3-5-11/h6-7H,2-5,11H2,1H3. The largest absolute Gasteiger partial charge is 0.479 e. The van der Waals surface area contributed by atoms with E-state index >= 15 is 0 Å². The van der Waals surface area contributed by atoms with Gasteiger partial charge in [0.2, 0.25) is 5.88 Å². The summed E-state index contributed by atoms with van der Waals surface area (Å²) in [4.78, 5) is 19.6. The highest BCUT2D eigenvalue weighted by Gasteiger charge is 2.13. The quantitative estimate of drug-likeness (QED) is 0.553. The second-order valence-corrected chi connectivity index (χ2v) is 3.08. The van der Waals surface area contributed by atoms with E-state index in [1.54, 1.807) is 0 Å². The van der Waals surface area contributed by atoms with Crippen LogP contribution < -0.4 is 10.5 Å². The first kappa shape index (κ1) is 11.6. The molecule has 0 saturated carbocycles. The molecule has 1 aromatic rings. The zero-order valence-corrected chi connectivity index (χ0v) is 8.77. The number of carbonyl (C=O) groups excluding carboxylic acids is 1. The lowest BCUT2D eigenvalue weighted by Gasteiger charge is -2.04. The molecule has 0 atom stereocenters. The topological polar surface area (TPSA) is 78.1 Å². The average molecular weight is 209 g/mol. The van der Waals surface area contributed by atoms with Crippen LogP contribution in [0.15, 0.2) is 12.4 Å². The fourth-order valence-corrected chi connectivity index (χ4v) is 1.21. The van der Waals surface area contributed by atoms with E-state index in [4.69, 9.17) is 10.5 Å². The van der Waals surface area contributed by atoms with Crippen LogP contribution >= 0.6 is 0 Å². The van der Waals surface area contributed by atoms with E-state index in [2.05, 4.69) is 9.97 Å². The number of ketones is 1. The second kappa shape index (κ2) is 6.08. The predicted octanol–water partition coefficient (Wildman–Crippen LogP) is 0.797. The minimum atomic E-state index is -0.0478. The van der Waals surface area contributed by atoms with E-state index in [1.807, 2.05) is 0 Å². The maximum Gasteiger partial charge on any atom is 0.243 e. The summed E-state index contributed by atoms with van der Waals surface area (Å²) in [7, 11) is 1.47. The van der Waals surface area contributed by atoms with Crippen LogP contribution in [0.4, 0.5) is 0 Å². The molecule has 0 radical (unpaired) electrons. The first-order valence-electron chi connectivity index (χ1n) is 4.88. The van der Waals surface area contributed by atoms with Crippen LogP contribution in [0.3, 0.4) is 0 Å². The van der Waals surface area contributed by atoms with Gasteiger partial charge in [-0.05, 0) is 19.4 Å². The SMILES string of the molecule is COc1nccnc1C(=O)CCCCN. The summed E-state index contributed by atoms with van der Waals surface area (Å²) in [5, 5.41) is 0. The molecule has 2 N–H and O–H groups in total. The number of nitrogens with zero attached hydrogens (tertiary/aromatic N) is 2. The van der Waals surface area contributed by atoms with E-state index in [0.29, 0.717) is 18.7 Å². The predicted molar refractivity (Wildman–Crippen MR) is 55.8 cm³/mol. The van der Waals surface area contributed by atoms with Crippen molar-refractivity contribution in [1.29, 1.82) is 0 Å². The Morgan fingerprint density at radius 1 is 1.40 bits per heavy atom. The summed E-state index contributed by atoms with van der Waals surface area (Å²) < 4.78 is 4.95. The third kappa shape index (κ3) is 3.28. The number of nitrogens with two attached hydrogens (primary N) is 1. The van der Waals surface area contributed by atoms with Gasteiger partial charge in [-0.1, -0.05) is 0 Å². The van der Waals surface area contributed by atoms with Crippen molar-refractivity contribution in [3.8, 4) is 5.88 Å². The molecular weight excluding hydrogens is 194 g/mol. The van der Waals surface area contributed by atoms with Crippen molar-refractivity contribution < 1.29 is 9.53 Å². The highest BCUT2D eigenvalue weighted by Crippen LogP contribution is 2.13. The van der Waals surface area contributed by atoms with Gasteiger partial charge in [0.05, 0.1) is 7.11 Å². The normalized spacial score (nSPS) is 10.0. The Bertz CT molecular complexity index is 328. The monoisotopic (exact) mass is 209 g/mol. The zero-order valence-electron chi connectivity index (χ0n) is 8.77. The van der Waals surface area contributed by atoms with Crippen molar-refractivity contribution in [2.24, 2.45) is 5.73 Å². The molecule has 0 aliphatic rings. The van der Waals surface area contributed by atoms with Gasteiger partial charge in [-0.15, -0.1) is 0 Å². The van der Waals surface area contributed by atoms with Crippen molar-refractivity contribution >= 4 is 5.78 Å². The number of methoxy groups -OCH3 is 1. The van der Waals surface area contributed by atoms with Crippen LogP contribution in [0.25, 0.3) is 0 Å². The molecule has 0 spiro atoms. The molecule has 0 fully saturated rings. The lowest BCUT2D eigenvalue weighted by atomic mass is 10.1. The highest BCUT2D eigenvalue weighted by atomic mass is 16.5. The number of rotatable bonds is 6. The Kier molecular flexibility index (Phi) is 4.70. The molecule has 0 aliphatic carbocycles. The maximum absolute atomic E-state index is 11.7. The van der Waals surface area contributed by atoms with E-state index in [1.165, 1.54) is 19.5 Å². The summed E-state index contributed by atoms with van der Waals surface area (Å²) in [6, 6.07) is 0. The Morgan fingerprint density at radius 3 is 2.80 bits per heavy atom. The van der Waals surface area contributed by atoms with Crippen LogP contribution in [0.5, 0.6) is 5.88 Å². The Morgan fingerprint density at radius 2 is 2.13 bits per heavy atom. The summed E-state index contributed by atoms with van der Waals surface area (Å²) in [6.07, 6.45) is 5.03. The van der Waals surface area contributed by atoms with Gasteiger partial charge in [-0.3, -0.25) is 4.79 Å². The number of Topliss-reactive ketones (excluding diaryl/α,β-unsaturated/α-hetero) is 1. The molecular formula is C10H15N3O2. The molecule has 82 valence electrons. The number of unbranched alkanes of at least 4 members (excludes halogenated alkanes) is 1. The average Bonchev–Trinajstić information content (AvgIpc) is 2.29. The molecule has 0 aromatic carbocycles. The number of ether oxygens (including phenoxy) is 1. The molecule has 0 unspecified atom stereocenters. The van der Waals surface area contributed by atoms with E-state index in [0.717, 1.165) is 12.8 Å². The summed E-state index contributed by atoms with van der Waals surface area (Å²) in [5.41, 5.74) is 5.65. The van der Waals surface area contributed by atoms with Crippen LogP contribution in [0, 0.1) is 0 Å². The summed E-state index contributed by atoms with van der Waals surface area (Å²) >= 11 is 0. The second-order valence-electron chi connectivity index (χ2n) is 3.08. The van der Waals surface area contributed by atoms with Crippen molar-refractivity contribution in [3.05, 3.63) is 18.1 Å². The van der Waals surface area contributed by atoms with E-state index < -0.39 is 0 Å². The summed E-state index contributed by atoms with van der Waals surface area (Å²) in [5.74, 6) is 0.239. The van der Waals surface area contributed by atoms with E-state index in [-0.39, 0.29) is 11.7 Å².